The SMILES string of the molecule is CC1=C2C(=O)C=C(CO)[C@@H]2[C@@H]2OC(=O)[C@@H](CN3CCC[C@@H]3C(=O)O)[C@@H]2CC1. The first-order valence-electron chi connectivity index (χ1n) is 9.65. The molecule has 7 heteroatoms. The van der Waals surface area contributed by atoms with Crippen molar-refractivity contribution in [3.8, 4) is 0 Å². The van der Waals surface area contributed by atoms with E-state index in [0.29, 0.717) is 37.1 Å². The Morgan fingerprint density at radius 3 is 2.81 bits per heavy atom. The number of aliphatic hydroxyl groups is 1. The number of aliphatic hydroxyl groups excluding tert-OH is 1. The molecule has 0 saturated carbocycles. The summed E-state index contributed by atoms with van der Waals surface area (Å²) in [7, 11) is 0. The highest BCUT2D eigenvalue weighted by atomic mass is 16.6. The predicted molar refractivity (Wildman–Crippen MR) is 94.7 cm³/mol. The third-order valence-electron chi connectivity index (χ3n) is 6.69. The number of esters is 1. The number of allylic oxidation sites excluding steroid dienone is 2. The predicted octanol–water partition coefficient (Wildman–Crippen LogP) is 0.921. The molecule has 7 nitrogen and oxygen atoms in total. The van der Waals surface area contributed by atoms with Gasteiger partial charge >= 0.3 is 11.9 Å². The van der Waals surface area contributed by atoms with Gasteiger partial charge in [0.1, 0.15) is 12.1 Å². The van der Waals surface area contributed by atoms with Gasteiger partial charge in [-0.3, -0.25) is 19.3 Å². The van der Waals surface area contributed by atoms with E-state index < -0.39 is 24.0 Å². The van der Waals surface area contributed by atoms with Crippen LogP contribution < -0.4 is 0 Å². The number of likely N-dealkylation sites (tertiary alicyclic amines) is 1. The standard InChI is InChI=1S/C20H25NO6/c1-10-4-5-12-13(8-21-6-2-3-14(21)19(24)25)20(26)27-18(12)17-11(9-22)7-15(23)16(10)17/h7,12-14,17-18,22H,2-6,8-9H2,1H3,(H,24,25)/t12-,13-,14+,17-,18+/m0/s1. The summed E-state index contributed by atoms with van der Waals surface area (Å²) in [6.45, 7) is 2.76. The topological polar surface area (TPSA) is 104 Å². The van der Waals surface area contributed by atoms with E-state index in [0.717, 1.165) is 18.4 Å². The number of hydrogen-bond donors (Lipinski definition) is 2. The highest BCUT2D eigenvalue weighted by Gasteiger charge is 2.53. The molecule has 0 aromatic rings. The Hall–Kier alpha value is -1.99. The van der Waals surface area contributed by atoms with Crippen LogP contribution in [0.25, 0.3) is 0 Å². The number of hydrogen-bond acceptors (Lipinski definition) is 6. The van der Waals surface area contributed by atoms with Gasteiger partial charge in [-0.2, -0.15) is 0 Å². The van der Waals surface area contributed by atoms with Crippen molar-refractivity contribution in [1.82, 2.24) is 4.90 Å². The maximum absolute atomic E-state index is 12.7. The second kappa shape index (κ2) is 6.87. The molecule has 0 aromatic heterocycles. The highest BCUT2D eigenvalue weighted by Crippen LogP contribution is 2.48. The maximum atomic E-state index is 12.7. The molecular weight excluding hydrogens is 350 g/mol. The molecule has 2 N–H and O–H groups in total. The van der Waals surface area contributed by atoms with Gasteiger partial charge in [0.25, 0.3) is 0 Å². The van der Waals surface area contributed by atoms with E-state index in [1.54, 1.807) is 0 Å². The van der Waals surface area contributed by atoms with E-state index in [1.807, 2.05) is 11.8 Å². The molecular formula is C20H25NO6. The Kier molecular flexibility index (Phi) is 4.68. The van der Waals surface area contributed by atoms with Gasteiger partial charge < -0.3 is 14.9 Å². The Labute approximate surface area is 157 Å². The van der Waals surface area contributed by atoms with E-state index >= 15 is 0 Å². The average Bonchev–Trinajstić information content (AvgIpc) is 3.27. The zero-order valence-electron chi connectivity index (χ0n) is 15.4. The van der Waals surface area contributed by atoms with Crippen LogP contribution in [0.2, 0.25) is 0 Å². The van der Waals surface area contributed by atoms with Crippen molar-refractivity contribution in [2.75, 3.05) is 19.7 Å². The van der Waals surface area contributed by atoms with Crippen LogP contribution >= 0.6 is 0 Å². The summed E-state index contributed by atoms with van der Waals surface area (Å²) in [4.78, 5) is 38.5. The first kappa shape index (κ1) is 18.4. The van der Waals surface area contributed by atoms with E-state index in [4.69, 9.17) is 4.74 Å². The van der Waals surface area contributed by atoms with Crippen LogP contribution in [-0.4, -0.2) is 64.7 Å². The number of ketones is 1. The molecule has 4 rings (SSSR count). The smallest absolute Gasteiger partial charge is 0.320 e. The number of carboxylic acids is 1. The van der Waals surface area contributed by atoms with Crippen molar-refractivity contribution in [1.29, 1.82) is 0 Å². The van der Waals surface area contributed by atoms with Crippen LogP contribution in [0.5, 0.6) is 0 Å². The summed E-state index contributed by atoms with van der Waals surface area (Å²) in [6, 6.07) is -0.543. The summed E-state index contributed by atoms with van der Waals surface area (Å²) >= 11 is 0. The monoisotopic (exact) mass is 375 g/mol. The quantitative estimate of drug-likeness (QED) is 0.704. The summed E-state index contributed by atoms with van der Waals surface area (Å²) in [5, 5.41) is 19.1. The number of rotatable bonds is 4. The lowest BCUT2D eigenvalue weighted by Gasteiger charge is -2.28. The Morgan fingerprint density at radius 1 is 1.33 bits per heavy atom. The molecule has 4 aliphatic rings. The van der Waals surface area contributed by atoms with Gasteiger partial charge in [0, 0.05) is 24.0 Å². The second-order valence-electron chi connectivity index (χ2n) is 8.12. The molecule has 2 aliphatic carbocycles. The van der Waals surface area contributed by atoms with Crippen LogP contribution in [0.15, 0.2) is 22.8 Å². The van der Waals surface area contributed by atoms with Crippen molar-refractivity contribution in [3.05, 3.63) is 22.8 Å². The Bertz CT molecular complexity index is 754. The van der Waals surface area contributed by atoms with E-state index in [2.05, 4.69) is 0 Å². The van der Waals surface area contributed by atoms with Gasteiger partial charge in [0.15, 0.2) is 5.78 Å². The normalized spacial score (nSPS) is 36.4. The first-order chi connectivity index (χ1) is 12.9. The molecule has 0 radical (unpaired) electrons. The van der Waals surface area contributed by atoms with Gasteiger partial charge in [0.05, 0.1) is 12.5 Å². The van der Waals surface area contributed by atoms with Crippen LogP contribution in [-0.2, 0) is 19.1 Å². The van der Waals surface area contributed by atoms with Crippen molar-refractivity contribution >= 4 is 17.7 Å². The number of carbonyl (C=O) groups is 3. The number of carbonyl (C=O) groups excluding carboxylic acids is 2. The zero-order valence-corrected chi connectivity index (χ0v) is 15.4. The molecule has 0 amide bonds. The van der Waals surface area contributed by atoms with Gasteiger partial charge in [-0.15, -0.1) is 0 Å². The van der Waals surface area contributed by atoms with Crippen LogP contribution in [0.4, 0.5) is 0 Å². The lowest BCUT2D eigenvalue weighted by atomic mass is 9.80. The van der Waals surface area contributed by atoms with Crippen molar-refractivity contribution in [3.63, 3.8) is 0 Å². The van der Waals surface area contributed by atoms with E-state index in [1.165, 1.54) is 6.08 Å². The third kappa shape index (κ3) is 2.93. The van der Waals surface area contributed by atoms with E-state index in [-0.39, 0.29) is 30.2 Å². The van der Waals surface area contributed by atoms with Crippen LogP contribution in [0.3, 0.4) is 0 Å². The fourth-order valence-corrected chi connectivity index (χ4v) is 5.37. The summed E-state index contributed by atoms with van der Waals surface area (Å²) < 4.78 is 5.76. The third-order valence-corrected chi connectivity index (χ3v) is 6.69. The molecule has 0 bridgehead atoms. The molecule has 5 atom stereocenters. The fourth-order valence-electron chi connectivity index (χ4n) is 5.37. The second-order valence-corrected chi connectivity index (χ2v) is 8.12. The minimum atomic E-state index is -0.844. The van der Waals surface area contributed by atoms with Crippen LogP contribution in [0, 0.1) is 17.8 Å². The van der Waals surface area contributed by atoms with Gasteiger partial charge in [-0.25, -0.2) is 0 Å². The minimum Gasteiger partial charge on any atom is -0.480 e. The average molecular weight is 375 g/mol. The van der Waals surface area contributed by atoms with Gasteiger partial charge in [-0.1, -0.05) is 5.57 Å². The zero-order chi connectivity index (χ0) is 19.3. The number of carboxylic acid groups (broad SMARTS) is 1. The number of aliphatic carboxylic acids is 1. The summed E-state index contributed by atoms with van der Waals surface area (Å²) in [5.41, 5.74) is 2.28. The lowest BCUT2D eigenvalue weighted by Crippen LogP contribution is -2.42. The van der Waals surface area contributed by atoms with Gasteiger partial charge in [0.2, 0.25) is 0 Å². The largest absolute Gasteiger partial charge is 0.480 e. The summed E-state index contributed by atoms with van der Waals surface area (Å²) in [6.07, 6.45) is 3.88. The molecule has 27 heavy (non-hydrogen) atoms. The molecule has 2 aliphatic heterocycles. The molecule has 0 unspecified atom stereocenters. The number of fused-ring (bicyclic) bond motifs is 3. The minimum absolute atomic E-state index is 0.0779. The maximum Gasteiger partial charge on any atom is 0.320 e. The highest BCUT2D eigenvalue weighted by molar-refractivity contribution is 6.09. The molecule has 0 spiro atoms. The van der Waals surface area contributed by atoms with Crippen molar-refractivity contribution in [2.24, 2.45) is 17.8 Å². The molecule has 0 aromatic carbocycles. The first-order valence-corrected chi connectivity index (χ1v) is 9.65. The Morgan fingerprint density at radius 2 is 2.11 bits per heavy atom. The number of ether oxygens (including phenoxy) is 1. The Balaban J connectivity index is 1.61. The summed E-state index contributed by atoms with van der Waals surface area (Å²) in [5.74, 6) is -2.08. The fraction of sp³-hybridized carbons (Fsp3) is 0.650. The molecule has 146 valence electrons. The lowest BCUT2D eigenvalue weighted by molar-refractivity contribution is -0.147. The molecule has 2 fully saturated rings. The van der Waals surface area contributed by atoms with Crippen molar-refractivity contribution in [2.45, 2.75) is 44.8 Å². The van der Waals surface area contributed by atoms with Gasteiger partial charge in [-0.05, 0) is 50.8 Å². The van der Waals surface area contributed by atoms with E-state index in [9.17, 15) is 24.6 Å². The van der Waals surface area contributed by atoms with Crippen LogP contribution in [0.1, 0.15) is 32.6 Å². The molecule has 2 saturated heterocycles. The molecule has 2 heterocycles. The van der Waals surface area contributed by atoms with Crippen molar-refractivity contribution < 1.29 is 29.3 Å². The number of nitrogens with zero attached hydrogens (tertiary/aromatic N) is 1.